The van der Waals surface area contributed by atoms with Crippen LogP contribution in [0.25, 0.3) is 0 Å². The van der Waals surface area contributed by atoms with Gasteiger partial charge in [-0.05, 0) is 39.3 Å². The lowest BCUT2D eigenvalue weighted by molar-refractivity contribution is 0.0880. The first-order valence-electron chi connectivity index (χ1n) is 8.40. The molecule has 1 saturated carbocycles. The Balaban J connectivity index is 1.56. The molecule has 1 atom stereocenters. The van der Waals surface area contributed by atoms with Crippen LogP contribution >= 0.6 is 0 Å². The summed E-state index contributed by atoms with van der Waals surface area (Å²) < 4.78 is 5.91. The van der Waals surface area contributed by atoms with Gasteiger partial charge in [0.1, 0.15) is 11.5 Å². The fourth-order valence-electron chi connectivity index (χ4n) is 3.20. The third-order valence-electron chi connectivity index (χ3n) is 4.94. The molecule has 21 heavy (non-hydrogen) atoms. The van der Waals surface area contributed by atoms with Crippen LogP contribution in [0.15, 0.2) is 10.5 Å². The molecule has 4 nitrogen and oxygen atoms in total. The molecule has 1 unspecified atom stereocenters. The minimum atomic E-state index is 0.696. The predicted octanol–water partition coefficient (Wildman–Crippen LogP) is 2.37. The summed E-state index contributed by atoms with van der Waals surface area (Å²) in [4.78, 5) is 5.06. The summed E-state index contributed by atoms with van der Waals surface area (Å²) in [5.74, 6) is 2.19. The SMILES string of the molecule is CCC1CN(Cc2cc(CNC3CC3)oc2C)CCN1C. The van der Waals surface area contributed by atoms with Crippen LogP contribution in [0.4, 0.5) is 0 Å². The summed E-state index contributed by atoms with van der Waals surface area (Å²) in [6, 6.07) is 3.69. The molecule has 1 aliphatic carbocycles. The zero-order valence-electron chi connectivity index (χ0n) is 13.7. The van der Waals surface area contributed by atoms with Crippen molar-refractivity contribution in [2.24, 2.45) is 0 Å². The van der Waals surface area contributed by atoms with Gasteiger partial charge in [0.25, 0.3) is 0 Å². The van der Waals surface area contributed by atoms with Crippen molar-refractivity contribution in [1.29, 1.82) is 0 Å². The van der Waals surface area contributed by atoms with Crippen molar-refractivity contribution in [3.63, 3.8) is 0 Å². The second-order valence-electron chi connectivity index (χ2n) is 6.73. The molecule has 1 saturated heterocycles. The average Bonchev–Trinajstić information content (AvgIpc) is 3.24. The van der Waals surface area contributed by atoms with Crippen LogP contribution in [-0.4, -0.2) is 48.6 Å². The molecular formula is C17H29N3O. The van der Waals surface area contributed by atoms with E-state index in [1.165, 1.54) is 37.9 Å². The van der Waals surface area contributed by atoms with E-state index in [0.717, 1.165) is 37.2 Å². The number of nitrogens with zero attached hydrogens (tertiary/aromatic N) is 2. The Bertz CT molecular complexity index is 467. The van der Waals surface area contributed by atoms with Crippen molar-refractivity contribution in [2.45, 2.75) is 58.3 Å². The lowest BCUT2D eigenvalue weighted by Gasteiger charge is -2.39. The van der Waals surface area contributed by atoms with Crippen molar-refractivity contribution < 1.29 is 4.42 Å². The number of likely N-dealkylation sites (N-methyl/N-ethyl adjacent to an activating group) is 1. The zero-order valence-corrected chi connectivity index (χ0v) is 13.7. The molecule has 1 aliphatic heterocycles. The molecule has 1 aromatic heterocycles. The highest BCUT2D eigenvalue weighted by atomic mass is 16.3. The number of nitrogens with one attached hydrogen (secondary N) is 1. The highest BCUT2D eigenvalue weighted by Crippen LogP contribution is 2.22. The Morgan fingerprint density at radius 1 is 1.33 bits per heavy atom. The van der Waals surface area contributed by atoms with E-state index in [1.54, 1.807) is 0 Å². The van der Waals surface area contributed by atoms with Gasteiger partial charge in [-0.1, -0.05) is 6.92 Å². The molecular weight excluding hydrogens is 262 g/mol. The molecule has 1 N–H and O–H groups in total. The fraction of sp³-hybridized carbons (Fsp3) is 0.765. The molecule has 0 radical (unpaired) electrons. The van der Waals surface area contributed by atoms with Crippen LogP contribution < -0.4 is 5.32 Å². The third-order valence-corrected chi connectivity index (χ3v) is 4.94. The summed E-state index contributed by atoms with van der Waals surface area (Å²) >= 11 is 0. The van der Waals surface area contributed by atoms with E-state index in [-0.39, 0.29) is 0 Å². The molecule has 2 aliphatic rings. The second-order valence-corrected chi connectivity index (χ2v) is 6.73. The molecule has 0 bridgehead atoms. The minimum Gasteiger partial charge on any atom is -0.465 e. The fourth-order valence-corrected chi connectivity index (χ4v) is 3.20. The molecule has 2 fully saturated rings. The summed E-state index contributed by atoms with van der Waals surface area (Å²) in [7, 11) is 2.25. The highest BCUT2D eigenvalue weighted by Gasteiger charge is 2.24. The van der Waals surface area contributed by atoms with E-state index in [4.69, 9.17) is 4.42 Å². The predicted molar refractivity (Wildman–Crippen MR) is 85.3 cm³/mol. The first-order valence-corrected chi connectivity index (χ1v) is 8.40. The molecule has 2 heterocycles. The maximum Gasteiger partial charge on any atom is 0.118 e. The number of piperazine rings is 1. The topological polar surface area (TPSA) is 31.6 Å². The van der Waals surface area contributed by atoms with Crippen LogP contribution in [-0.2, 0) is 13.1 Å². The lowest BCUT2D eigenvalue weighted by atomic mass is 10.1. The average molecular weight is 291 g/mol. The van der Waals surface area contributed by atoms with Gasteiger partial charge in [0.15, 0.2) is 0 Å². The van der Waals surface area contributed by atoms with Crippen LogP contribution in [0.2, 0.25) is 0 Å². The van der Waals surface area contributed by atoms with Gasteiger partial charge in [0.2, 0.25) is 0 Å². The summed E-state index contributed by atoms with van der Waals surface area (Å²) in [5.41, 5.74) is 1.36. The van der Waals surface area contributed by atoms with Crippen molar-refractivity contribution >= 4 is 0 Å². The van der Waals surface area contributed by atoms with Gasteiger partial charge in [-0.25, -0.2) is 0 Å². The molecule has 4 heteroatoms. The van der Waals surface area contributed by atoms with E-state index in [9.17, 15) is 0 Å². The van der Waals surface area contributed by atoms with Gasteiger partial charge in [-0.15, -0.1) is 0 Å². The van der Waals surface area contributed by atoms with E-state index in [1.807, 2.05) is 0 Å². The highest BCUT2D eigenvalue weighted by molar-refractivity contribution is 5.21. The standard InChI is InChI=1S/C17H29N3O/c1-4-16-12-20(8-7-19(16)3)11-14-9-17(21-13(14)2)10-18-15-5-6-15/h9,15-16,18H,4-8,10-12H2,1-3H3. The van der Waals surface area contributed by atoms with E-state index >= 15 is 0 Å². The third kappa shape index (κ3) is 3.87. The van der Waals surface area contributed by atoms with Crippen molar-refractivity contribution in [2.75, 3.05) is 26.7 Å². The molecule has 0 aromatic carbocycles. The Kier molecular flexibility index (Phi) is 4.67. The molecule has 1 aromatic rings. The summed E-state index contributed by atoms with van der Waals surface area (Å²) in [6.45, 7) is 9.81. The van der Waals surface area contributed by atoms with Crippen molar-refractivity contribution in [1.82, 2.24) is 15.1 Å². The zero-order chi connectivity index (χ0) is 14.8. The van der Waals surface area contributed by atoms with Crippen LogP contribution in [0.5, 0.6) is 0 Å². The molecule has 118 valence electrons. The Labute approximate surface area is 128 Å². The van der Waals surface area contributed by atoms with Gasteiger partial charge in [-0.2, -0.15) is 0 Å². The number of hydrogen-bond acceptors (Lipinski definition) is 4. The van der Waals surface area contributed by atoms with Gasteiger partial charge >= 0.3 is 0 Å². The Hall–Kier alpha value is -0.840. The first kappa shape index (κ1) is 15.1. The molecule has 0 amide bonds. The number of hydrogen-bond donors (Lipinski definition) is 1. The largest absolute Gasteiger partial charge is 0.465 e. The lowest BCUT2D eigenvalue weighted by Crippen LogP contribution is -2.50. The summed E-state index contributed by atoms with van der Waals surface area (Å²) in [6.07, 6.45) is 3.88. The van der Waals surface area contributed by atoms with Crippen molar-refractivity contribution in [3.8, 4) is 0 Å². The summed E-state index contributed by atoms with van der Waals surface area (Å²) in [5, 5.41) is 3.53. The maximum absolute atomic E-state index is 5.91. The Morgan fingerprint density at radius 3 is 2.86 bits per heavy atom. The normalized spacial score (nSPS) is 24.6. The number of furan rings is 1. The second kappa shape index (κ2) is 6.51. The van der Waals surface area contributed by atoms with Gasteiger partial charge < -0.3 is 14.6 Å². The van der Waals surface area contributed by atoms with E-state index in [0.29, 0.717) is 6.04 Å². The molecule has 0 spiro atoms. The number of aryl methyl sites for hydroxylation is 1. The smallest absolute Gasteiger partial charge is 0.118 e. The monoisotopic (exact) mass is 291 g/mol. The first-order chi connectivity index (χ1) is 10.2. The van der Waals surface area contributed by atoms with Gasteiger partial charge in [0.05, 0.1) is 6.54 Å². The van der Waals surface area contributed by atoms with E-state index < -0.39 is 0 Å². The molecule has 3 rings (SSSR count). The Morgan fingerprint density at radius 2 is 2.14 bits per heavy atom. The maximum atomic E-state index is 5.91. The van der Waals surface area contributed by atoms with Crippen LogP contribution in [0.3, 0.4) is 0 Å². The van der Waals surface area contributed by atoms with Gasteiger partial charge in [-0.3, -0.25) is 4.90 Å². The number of rotatable bonds is 6. The minimum absolute atomic E-state index is 0.696. The van der Waals surface area contributed by atoms with E-state index in [2.05, 4.69) is 42.1 Å². The van der Waals surface area contributed by atoms with Crippen molar-refractivity contribution in [3.05, 3.63) is 23.2 Å². The van der Waals surface area contributed by atoms with Crippen LogP contribution in [0.1, 0.15) is 43.3 Å². The quantitative estimate of drug-likeness (QED) is 0.872. The van der Waals surface area contributed by atoms with Crippen LogP contribution in [0, 0.1) is 6.92 Å². The van der Waals surface area contributed by atoms with Gasteiger partial charge in [0, 0.05) is 43.8 Å².